The molecular weight excluding hydrogens is 438 g/mol. The number of para-hydroxylation sites is 1. The summed E-state index contributed by atoms with van der Waals surface area (Å²) < 4.78 is 5.98. The molecule has 35 heavy (non-hydrogen) atoms. The molecule has 0 aliphatic rings. The van der Waals surface area contributed by atoms with Crippen LogP contribution in [0.15, 0.2) is 90.0 Å². The third-order valence-electron chi connectivity index (χ3n) is 5.80. The van der Waals surface area contributed by atoms with Gasteiger partial charge in [0.1, 0.15) is 12.4 Å². The van der Waals surface area contributed by atoms with Crippen LogP contribution in [0, 0.1) is 13.8 Å². The van der Waals surface area contributed by atoms with Crippen molar-refractivity contribution < 1.29 is 14.3 Å². The van der Waals surface area contributed by atoms with E-state index in [2.05, 4.69) is 40.1 Å². The van der Waals surface area contributed by atoms with Crippen LogP contribution < -0.4 is 15.5 Å². The summed E-state index contributed by atoms with van der Waals surface area (Å²) in [6.07, 6.45) is 0. The van der Waals surface area contributed by atoms with Crippen LogP contribution in [-0.2, 0) is 16.2 Å². The van der Waals surface area contributed by atoms with Crippen LogP contribution in [0.25, 0.3) is 10.8 Å². The van der Waals surface area contributed by atoms with E-state index in [1.165, 1.54) is 10.8 Å². The molecule has 0 atom stereocenters. The minimum absolute atomic E-state index is 0.458. The largest absolute Gasteiger partial charge is 0.489 e. The maximum Gasteiger partial charge on any atom is 0.329 e. The minimum atomic E-state index is -0.831. The summed E-state index contributed by atoms with van der Waals surface area (Å²) in [5, 5.41) is 9.08. The van der Waals surface area contributed by atoms with Gasteiger partial charge in [-0.1, -0.05) is 60.7 Å². The lowest BCUT2D eigenvalue weighted by molar-refractivity contribution is -0.136. The fraction of sp³-hybridized carbons (Fsp3) is 0.138. The summed E-state index contributed by atoms with van der Waals surface area (Å²) in [4.78, 5) is 24.5. The highest BCUT2D eigenvalue weighted by molar-refractivity contribution is 6.39. The van der Waals surface area contributed by atoms with Crippen molar-refractivity contribution in [2.45, 2.75) is 27.4 Å². The standard InChI is InChI=1S/C29H27N3O3/c1-19-8-6-9-20(2)27(19)30-28(33)29(34)32-31-21(3)22-14-16-25(17-15-22)35-18-24-12-7-11-23-10-4-5-13-26(23)24/h4-17H,18H2,1-3H3,(H,30,33)(H,32,34)/b31-21+. The number of nitrogens with zero attached hydrogens (tertiary/aromatic N) is 1. The van der Waals surface area contributed by atoms with Crippen LogP contribution in [0.4, 0.5) is 5.69 Å². The lowest BCUT2D eigenvalue weighted by Gasteiger charge is -2.11. The fourth-order valence-corrected chi connectivity index (χ4v) is 3.80. The number of benzene rings is 4. The Morgan fingerprint density at radius 1 is 0.800 bits per heavy atom. The van der Waals surface area contributed by atoms with Crippen LogP contribution in [0.3, 0.4) is 0 Å². The van der Waals surface area contributed by atoms with E-state index in [-0.39, 0.29) is 0 Å². The minimum Gasteiger partial charge on any atom is -0.489 e. The van der Waals surface area contributed by atoms with Crippen molar-refractivity contribution >= 4 is 34.0 Å². The summed E-state index contributed by atoms with van der Waals surface area (Å²) in [5.41, 5.74) is 7.21. The number of carbonyl (C=O) groups excluding carboxylic acids is 2. The molecule has 0 radical (unpaired) electrons. The second-order valence-electron chi connectivity index (χ2n) is 8.31. The molecule has 4 aromatic carbocycles. The van der Waals surface area contributed by atoms with Gasteiger partial charge in [0, 0.05) is 5.69 Å². The molecule has 2 amide bonds. The van der Waals surface area contributed by atoms with E-state index in [9.17, 15) is 9.59 Å². The van der Waals surface area contributed by atoms with Crippen molar-refractivity contribution in [1.29, 1.82) is 0 Å². The van der Waals surface area contributed by atoms with Crippen molar-refractivity contribution in [3.63, 3.8) is 0 Å². The Bertz CT molecular complexity index is 1380. The molecule has 0 aromatic heterocycles. The summed E-state index contributed by atoms with van der Waals surface area (Å²) in [5.74, 6) is -0.871. The zero-order chi connectivity index (χ0) is 24.8. The Labute approximate surface area is 204 Å². The number of fused-ring (bicyclic) bond motifs is 1. The molecule has 4 aromatic rings. The van der Waals surface area contributed by atoms with Gasteiger partial charge >= 0.3 is 11.8 Å². The fourth-order valence-electron chi connectivity index (χ4n) is 3.80. The maximum atomic E-state index is 12.3. The van der Waals surface area contributed by atoms with Crippen molar-refractivity contribution in [2.24, 2.45) is 5.10 Å². The van der Waals surface area contributed by atoms with Gasteiger partial charge in [0.2, 0.25) is 0 Å². The van der Waals surface area contributed by atoms with E-state index in [1.807, 2.05) is 74.5 Å². The maximum absolute atomic E-state index is 12.3. The van der Waals surface area contributed by atoms with Gasteiger partial charge in [-0.15, -0.1) is 0 Å². The zero-order valence-electron chi connectivity index (χ0n) is 20.0. The average Bonchev–Trinajstić information content (AvgIpc) is 2.88. The number of ether oxygens (including phenoxy) is 1. The molecule has 0 spiro atoms. The normalized spacial score (nSPS) is 11.2. The van der Waals surface area contributed by atoms with E-state index in [0.717, 1.165) is 28.0 Å². The number of hydrogen-bond donors (Lipinski definition) is 2. The molecule has 0 aliphatic carbocycles. The average molecular weight is 466 g/mol. The molecule has 0 saturated heterocycles. The predicted octanol–water partition coefficient (Wildman–Crippen LogP) is 5.51. The number of aryl methyl sites for hydroxylation is 2. The van der Waals surface area contributed by atoms with Crippen molar-refractivity contribution in [1.82, 2.24) is 5.43 Å². The van der Waals surface area contributed by atoms with Crippen LogP contribution in [-0.4, -0.2) is 17.5 Å². The third kappa shape index (κ3) is 5.73. The number of hydrogen-bond acceptors (Lipinski definition) is 4. The second kappa shape index (κ2) is 10.7. The number of anilines is 1. The Balaban J connectivity index is 1.35. The SMILES string of the molecule is C/C(=N\NC(=O)C(=O)Nc1c(C)cccc1C)c1ccc(OCc2cccc3ccccc23)cc1. The van der Waals surface area contributed by atoms with E-state index in [1.54, 1.807) is 6.92 Å². The van der Waals surface area contributed by atoms with Gasteiger partial charge in [-0.2, -0.15) is 5.10 Å². The third-order valence-corrected chi connectivity index (χ3v) is 5.80. The monoisotopic (exact) mass is 465 g/mol. The molecule has 6 nitrogen and oxygen atoms in total. The van der Waals surface area contributed by atoms with Crippen LogP contribution >= 0.6 is 0 Å². The molecular formula is C29H27N3O3. The number of hydrazone groups is 1. The zero-order valence-corrected chi connectivity index (χ0v) is 20.0. The molecule has 0 aliphatic heterocycles. The highest BCUT2D eigenvalue weighted by atomic mass is 16.5. The van der Waals surface area contributed by atoms with Crippen LogP contribution in [0.1, 0.15) is 29.2 Å². The Morgan fingerprint density at radius 2 is 1.46 bits per heavy atom. The summed E-state index contributed by atoms with van der Waals surface area (Å²) in [6, 6.07) is 27.5. The lowest BCUT2D eigenvalue weighted by Crippen LogP contribution is -2.33. The Morgan fingerprint density at radius 3 is 2.20 bits per heavy atom. The molecule has 2 N–H and O–H groups in total. The molecule has 0 fully saturated rings. The van der Waals surface area contributed by atoms with Gasteiger partial charge in [-0.25, -0.2) is 5.43 Å². The quantitative estimate of drug-likeness (QED) is 0.224. The number of nitrogens with one attached hydrogen (secondary N) is 2. The predicted molar refractivity (Wildman–Crippen MR) is 140 cm³/mol. The summed E-state index contributed by atoms with van der Waals surface area (Å²) in [7, 11) is 0. The van der Waals surface area contributed by atoms with Crippen molar-refractivity contribution in [3.8, 4) is 5.75 Å². The van der Waals surface area contributed by atoms with Crippen molar-refractivity contribution in [3.05, 3.63) is 107 Å². The number of carbonyl (C=O) groups is 2. The van der Waals surface area contributed by atoms with Crippen LogP contribution in [0.5, 0.6) is 5.75 Å². The van der Waals surface area contributed by atoms with E-state index < -0.39 is 11.8 Å². The molecule has 0 unspecified atom stereocenters. The van der Waals surface area contributed by atoms with Gasteiger partial charge in [0.25, 0.3) is 0 Å². The molecule has 0 heterocycles. The molecule has 176 valence electrons. The number of amides is 2. The highest BCUT2D eigenvalue weighted by Crippen LogP contribution is 2.21. The highest BCUT2D eigenvalue weighted by Gasteiger charge is 2.15. The number of rotatable bonds is 6. The van der Waals surface area contributed by atoms with Crippen molar-refractivity contribution in [2.75, 3.05) is 5.32 Å². The van der Waals surface area contributed by atoms with Crippen LogP contribution in [0.2, 0.25) is 0 Å². The molecule has 0 saturated carbocycles. The van der Waals surface area contributed by atoms with E-state index in [0.29, 0.717) is 18.0 Å². The van der Waals surface area contributed by atoms with Gasteiger partial charge in [-0.3, -0.25) is 9.59 Å². The summed E-state index contributed by atoms with van der Waals surface area (Å²) in [6.45, 7) is 5.96. The Kier molecular flexibility index (Phi) is 7.21. The van der Waals surface area contributed by atoms with Gasteiger partial charge in [0.15, 0.2) is 0 Å². The first-order chi connectivity index (χ1) is 16.9. The first-order valence-electron chi connectivity index (χ1n) is 11.3. The molecule has 4 rings (SSSR count). The van der Waals surface area contributed by atoms with E-state index in [4.69, 9.17) is 4.74 Å². The van der Waals surface area contributed by atoms with Gasteiger partial charge < -0.3 is 10.1 Å². The summed E-state index contributed by atoms with van der Waals surface area (Å²) >= 11 is 0. The lowest BCUT2D eigenvalue weighted by atomic mass is 10.1. The first-order valence-corrected chi connectivity index (χ1v) is 11.3. The van der Waals surface area contributed by atoms with Gasteiger partial charge in [0.05, 0.1) is 5.71 Å². The topological polar surface area (TPSA) is 79.8 Å². The van der Waals surface area contributed by atoms with Gasteiger partial charge in [-0.05, 0) is 78.1 Å². The van der Waals surface area contributed by atoms with E-state index >= 15 is 0 Å². The Hall–Kier alpha value is -4.45. The second-order valence-corrected chi connectivity index (χ2v) is 8.31. The first kappa shape index (κ1) is 23.7. The smallest absolute Gasteiger partial charge is 0.329 e. The molecule has 0 bridgehead atoms. The molecule has 6 heteroatoms.